The van der Waals surface area contributed by atoms with Crippen LogP contribution in [0.25, 0.3) is 10.8 Å². The number of fused-ring (bicyclic) bond motifs is 1. The second-order valence-electron chi connectivity index (χ2n) is 7.35. The van der Waals surface area contributed by atoms with Gasteiger partial charge in [-0.1, -0.05) is 0 Å². The lowest BCUT2D eigenvalue weighted by Gasteiger charge is -2.28. The van der Waals surface area contributed by atoms with Crippen LogP contribution in [-0.2, 0) is 0 Å². The van der Waals surface area contributed by atoms with Gasteiger partial charge in [0.1, 0.15) is 11.5 Å². The Bertz CT molecular complexity index is 1070. The number of methoxy groups -OCH3 is 2. The molecule has 1 aliphatic heterocycles. The van der Waals surface area contributed by atoms with Crippen LogP contribution in [-0.4, -0.2) is 50.3 Å². The summed E-state index contributed by atoms with van der Waals surface area (Å²) < 4.78 is 10.8. The molecule has 0 radical (unpaired) electrons. The van der Waals surface area contributed by atoms with Gasteiger partial charge in [-0.3, -0.25) is 15.1 Å². The molecule has 1 saturated heterocycles. The molecule has 0 aliphatic carbocycles. The first-order chi connectivity index (χ1) is 14.5. The van der Waals surface area contributed by atoms with E-state index in [0.29, 0.717) is 5.39 Å². The summed E-state index contributed by atoms with van der Waals surface area (Å²) in [5.74, 6) is 1.52. The number of hydrogen-bond donors (Lipinski definition) is 0. The minimum absolute atomic E-state index is 0.0757. The van der Waals surface area contributed by atoms with E-state index in [1.807, 2.05) is 37.4 Å². The molecule has 8 nitrogen and oxygen atoms in total. The average Bonchev–Trinajstić information content (AvgIpc) is 3.27. The first-order valence-electron chi connectivity index (χ1n) is 9.73. The van der Waals surface area contributed by atoms with Gasteiger partial charge in [0.25, 0.3) is 5.69 Å². The Labute approximate surface area is 174 Å². The molecule has 8 heteroatoms. The molecular weight excluding hydrogens is 384 g/mol. The van der Waals surface area contributed by atoms with E-state index in [-0.39, 0.29) is 16.7 Å². The lowest BCUT2D eigenvalue weighted by atomic mass is 10.1. The van der Waals surface area contributed by atoms with Crippen molar-refractivity contribution in [1.82, 2.24) is 4.98 Å². The Kier molecular flexibility index (Phi) is 5.31. The summed E-state index contributed by atoms with van der Waals surface area (Å²) in [6.07, 6.45) is 4.21. The van der Waals surface area contributed by atoms with E-state index in [1.54, 1.807) is 32.7 Å². The molecule has 1 unspecified atom stereocenters. The van der Waals surface area contributed by atoms with Crippen molar-refractivity contribution in [2.24, 2.45) is 0 Å². The highest BCUT2D eigenvalue weighted by atomic mass is 16.6. The largest absolute Gasteiger partial charge is 0.497 e. The number of nitro benzene ring substituents is 1. The fourth-order valence-corrected chi connectivity index (χ4v) is 4.09. The van der Waals surface area contributed by atoms with Crippen LogP contribution >= 0.6 is 0 Å². The second kappa shape index (κ2) is 8.06. The number of rotatable bonds is 6. The summed E-state index contributed by atoms with van der Waals surface area (Å²) in [6.45, 7) is 1.73. The molecule has 0 spiro atoms. The number of pyridine rings is 1. The van der Waals surface area contributed by atoms with Gasteiger partial charge in [-0.15, -0.1) is 0 Å². The molecule has 0 amide bonds. The predicted molar refractivity (Wildman–Crippen MR) is 117 cm³/mol. The van der Waals surface area contributed by atoms with Gasteiger partial charge in [0.05, 0.1) is 24.5 Å². The standard InChI is InChI=1S/C22H24N4O4/c1-24(21-4-5-22(26(27)28)20-13-23-8-6-19(20)21)15-7-9-25(14-15)16-10-17(29-2)12-18(11-16)30-3/h4-6,8,10-13,15H,7,9,14H2,1-3H3. The van der Waals surface area contributed by atoms with Crippen LogP contribution in [0.2, 0.25) is 0 Å². The van der Waals surface area contributed by atoms with E-state index in [4.69, 9.17) is 9.47 Å². The van der Waals surface area contributed by atoms with E-state index in [0.717, 1.165) is 47.8 Å². The molecule has 1 atom stereocenters. The number of benzene rings is 2. The molecule has 30 heavy (non-hydrogen) atoms. The topological polar surface area (TPSA) is 81.0 Å². The Morgan fingerprint density at radius 3 is 2.53 bits per heavy atom. The van der Waals surface area contributed by atoms with E-state index in [1.165, 1.54) is 0 Å². The highest BCUT2D eigenvalue weighted by molar-refractivity contribution is 5.99. The zero-order valence-electron chi connectivity index (χ0n) is 17.2. The number of likely N-dealkylation sites (N-methyl/N-ethyl adjacent to an activating group) is 1. The van der Waals surface area contributed by atoms with Gasteiger partial charge in [-0.2, -0.15) is 0 Å². The monoisotopic (exact) mass is 408 g/mol. The molecule has 1 aromatic heterocycles. The summed E-state index contributed by atoms with van der Waals surface area (Å²) in [7, 11) is 5.34. The van der Waals surface area contributed by atoms with Crippen molar-refractivity contribution in [3.05, 3.63) is 58.9 Å². The van der Waals surface area contributed by atoms with Crippen molar-refractivity contribution in [3.8, 4) is 11.5 Å². The lowest BCUT2D eigenvalue weighted by molar-refractivity contribution is -0.383. The van der Waals surface area contributed by atoms with Crippen molar-refractivity contribution >= 4 is 27.8 Å². The molecular formula is C22H24N4O4. The molecule has 0 saturated carbocycles. The molecule has 156 valence electrons. The van der Waals surface area contributed by atoms with E-state index in [2.05, 4.69) is 14.8 Å². The zero-order chi connectivity index (χ0) is 21.3. The number of non-ortho nitro benzene ring substituents is 1. The fraction of sp³-hybridized carbons (Fsp3) is 0.318. The third-order valence-electron chi connectivity index (χ3n) is 5.76. The van der Waals surface area contributed by atoms with Gasteiger partial charge in [0, 0.05) is 79.6 Å². The Balaban J connectivity index is 1.61. The van der Waals surface area contributed by atoms with Crippen molar-refractivity contribution in [2.75, 3.05) is 44.2 Å². The minimum atomic E-state index is -0.360. The molecule has 1 aliphatic rings. The summed E-state index contributed by atoms with van der Waals surface area (Å²) in [6, 6.07) is 11.4. The average molecular weight is 408 g/mol. The third kappa shape index (κ3) is 3.56. The molecule has 3 aromatic rings. The summed E-state index contributed by atoms with van der Waals surface area (Å²) in [4.78, 5) is 19.6. The maximum Gasteiger partial charge on any atom is 0.278 e. The van der Waals surface area contributed by atoms with Crippen molar-refractivity contribution in [2.45, 2.75) is 12.5 Å². The van der Waals surface area contributed by atoms with Crippen LogP contribution in [0, 0.1) is 10.1 Å². The van der Waals surface area contributed by atoms with Gasteiger partial charge in [-0.25, -0.2) is 0 Å². The van der Waals surface area contributed by atoms with E-state index < -0.39 is 0 Å². The SMILES string of the molecule is COc1cc(OC)cc(N2CCC(N(C)c3ccc([N+](=O)[O-])c4cnccc34)C2)c1. The number of nitro groups is 1. The van der Waals surface area contributed by atoms with Crippen molar-refractivity contribution < 1.29 is 14.4 Å². The summed E-state index contributed by atoms with van der Waals surface area (Å²) in [5, 5.41) is 12.8. The Hall–Kier alpha value is -3.55. The Morgan fingerprint density at radius 1 is 1.13 bits per heavy atom. The van der Waals surface area contributed by atoms with E-state index in [9.17, 15) is 10.1 Å². The fourth-order valence-electron chi connectivity index (χ4n) is 4.09. The van der Waals surface area contributed by atoms with Crippen LogP contribution in [0.5, 0.6) is 11.5 Å². The number of ether oxygens (including phenoxy) is 2. The van der Waals surface area contributed by atoms with Crippen LogP contribution in [0.4, 0.5) is 17.1 Å². The number of anilines is 2. The molecule has 0 N–H and O–H groups in total. The van der Waals surface area contributed by atoms with Crippen LogP contribution in [0.3, 0.4) is 0 Å². The predicted octanol–water partition coefficient (Wildman–Crippen LogP) is 3.88. The second-order valence-corrected chi connectivity index (χ2v) is 7.35. The van der Waals surface area contributed by atoms with Crippen molar-refractivity contribution in [1.29, 1.82) is 0 Å². The normalized spacial score (nSPS) is 16.0. The quantitative estimate of drug-likeness (QED) is 0.452. The zero-order valence-corrected chi connectivity index (χ0v) is 17.2. The summed E-state index contributed by atoms with van der Waals surface area (Å²) >= 11 is 0. The van der Waals surface area contributed by atoms with Crippen LogP contribution in [0.15, 0.2) is 48.8 Å². The van der Waals surface area contributed by atoms with Crippen molar-refractivity contribution in [3.63, 3.8) is 0 Å². The maximum atomic E-state index is 11.4. The lowest BCUT2D eigenvalue weighted by Crippen LogP contribution is -2.34. The molecule has 2 aromatic carbocycles. The highest BCUT2D eigenvalue weighted by Gasteiger charge is 2.28. The maximum absolute atomic E-state index is 11.4. The molecule has 4 rings (SSSR count). The van der Waals surface area contributed by atoms with Crippen LogP contribution < -0.4 is 19.3 Å². The first kappa shape index (κ1) is 19.8. The minimum Gasteiger partial charge on any atom is -0.497 e. The molecule has 1 fully saturated rings. The number of nitrogens with zero attached hydrogens (tertiary/aromatic N) is 4. The molecule has 2 heterocycles. The van der Waals surface area contributed by atoms with E-state index >= 15 is 0 Å². The van der Waals surface area contributed by atoms with Gasteiger partial charge in [-0.05, 0) is 18.6 Å². The van der Waals surface area contributed by atoms with Crippen LogP contribution in [0.1, 0.15) is 6.42 Å². The Morgan fingerprint density at radius 2 is 1.87 bits per heavy atom. The number of hydrogen-bond acceptors (Lipinski definition) is 7. The third-order valence-corrected chi connectivity index (χ3v) is 5.76. The van der Waals surface area contributed by atoms with Gasteiger partial charge in [0.15, 0.2) is 0 Å². The van der Waals surface area contributed by atoms with Gasteiger partial charge < -0.3 is 19.3 Å². The first-order valence-corrected chi connectivity index (χ1v) is 9.73. The van der Waals surface area contributed by atoms with Gasteiger partial charge >= 0.3 is 0 Å². The summed E-state index contributed by atoms with van der Waals surface area (Å²) in [5.41, 5.74) is 2.10. The smallest absolute Gasteiger partial charge is 0.278 e. The highest BCUT2D eigenvalue weighted by Crippen LogP contribution is 2.36. The molecule has 0 bridgehead atoms. The number of aromatic nitrogens is 1. The van der Waals surface area contributed by atoms with Gasteiger partial charge in [0.2, 0.25) is 0 Å².